The van der Waals surface area contributed by atoms with Crippen LogP contribution in [0.2, 0.25) is 0 Å². The van der Waals surface area contributed by atoms with Crippen molar-refractivity contribution in [1.29, 1.82) is 0 Å². The van der Waals surface area contributed by atoms with Crippen LogP contribution in [0.25, 0.3) is 0 Å². The van der Waals surface area contributed by atoms with Gasteiger partial charge in [0.15, 0.2) is 0 Å². The van der Waals surface area contributed by atoms with Gasteiger partial charge >= 0.3 is 5.97 Å². The topological polar surface area (TPSA) is 97.8 Å². The zero-order chi connectivity index (χ0) is 22.6. The van der Waals surface area contributed by atoms with E-state index in [0.717, 1.165) is 16.7 Å². The number of carboxylic acids is 1. The van der Waals surface area contributed by atoms with Crippen molar-refractivity contribution >= 4 is 40.4 Å². The second-order valence-electron chi connectivity index (χ2n) is 7.01. The van der Waals surface area contributed by atoms with Crippen LogP contribution in [0.4, 0.5) is 5.00 Å². The lowest BCUT2D eigenvalue weighted by Crippen LogP contribution is -2.31. The lowest BCUT2D eigenvalue weighted by molar-refractivity contribution is -0.129. The minimum Gasteiger partial charge on any atom is -0.476 e. The minimum atomic E-state index is -1.26. The van der Waals surface area contributed by atoms with Gasteiger partial charge in [-0.25, -0.2) is 9.78 Å². The number of anilines is 1. The highest BCUT2D eigenvalue weighted by Gasteiger charge is 2.42. The van der Waals surface area contributed by atoms with E-state index in [1.807, 2.05) is 91.0 Å². The van der Waals surface area contributed by atoms with Gasteiger partial charge in [0.25, 0.3) is 0 Å². The molecule has 0 unspecified atom stereocenters. The smallest absolute Gasteiger partial charge is 0.360 e. The summed E-state index contributed by atoms with van der Waals surface area (Å²) in [7, 11) is 1.29. The molecule has 168 valence electrons. The maximum absolute atomic E-state index is 11.8. The molecule has 33 heavy (non-hydrogen) atoms. The molecule has 1 aromatic heterocycles. The number of halogens is 1. The molecule has 0 atom stereocenters. The Morgan fingerprint density at radius 1 is 0.909 bits per heavy atom. The van der Waals surface area contributed by atoms with E-state index in [1.54, 1.807) is 0 Å². The molecular formula is C25H22ClN3O3S. The lowest BCUT2D eigenvalue weighted by Gasteiger charge is -2.34. The first-order valence-corrected chi connectivity index (χ1v) is 10.7. The van der Waals surface area contributed by atoms with Crippen molar-refractivity contribution in [3.63, 3.8) is 0 Å². The van der Waals surface area contributed by atoms with Crippen LogP contribution >= 0.6 is 23.7 Å². The number of hydrogen-bond donors (Lipinski definition) is 2. The molecule has 0 spiro atoms. The predicted octanol–water partition coefficient (Wildman–Crippen LogP) is 4.96. The number of nitrogens with two attached hydrogens (primary N) is 1. The van der Waals surface area contributed by atoms with E-state index < -0.39 is 11.4 Å². The van der Waals surface area contributed by atoms with E-state index in [2.05, 4.69) is 5.16 Å². The van der Waals surface area contributed by atoms with E-state index in [1.165, 1.54) is 18.4 Å². The van der Waals surface area contributed by atoms with Gasteiger partial charge in [0.2, 0.25) is 5.71 Å². The third-order valence-corrected chi connectivity index (χ3v) is 6.21. The van der Waals surface area contributed by atoms with Crippen molar-refractivity contribution in [3.05, 3.63) is 118 Å². The quantitative estimate of drug-likeness (QED) is 0.222. The number of thiazole rings is 1. The summed E-state index contributed by atoms with van der Waals surface area (Å²) in [5.74, 6) is -1.26. The summed E-state index contributed by atoms with van der Waals surface area (Å²) in [5, 5.41) is 14.2. The van der Waals surface area contributed by atoms with Crippen LogP contribution in [0.1, 0.15) is 27.4 Å². The molecule has 1 heterocycles. The fourth-order valence-electron chi connectivity index (χ4n) is 3.87. The molecule has 0 radical (unpaired) electrons. The molecule has 4 aromatic rings. The van der Waals surface area contributed by atoms with Crippen LogP contribution < -0.4 is 5.73 Å². The SMILES string of the molecule is CON=C(C(=O)O)c1nc(C(c2ccccc2)(c2ccccc2)c2ccccc2)sc1N.Cl. The molecule has 0 amide bonds. The van der Waals surface area contributed by atoms with E-state index in [4.69, 9.17) is 15.6 Å². The molecule has 0 fully saturated rings. The number of rotatable bonds is 7. The Bertz CT molecular complexity index is 1150. The highest BCUT2D eigenvalue weighted by atomic mass is 35.5. The molecule has 6 nitrogen and oxygen atoms in total. The summed E-state index contributed by atoms with van der Waals surface area (Å²) >= 11 is 1.24. The first kappa shape index (κ1) is 24.0. The molecule has 0 aliphatic carbocycles. The minimum absolute atomic E-state index is 0. The maximum atomic E-state index is 11.8. The standard InChI is InChI=1S/C25H21N3O3S.ClH/c1-31-28-21(23(29)30)20-22(26)32-24(27-20)25(17-11-5-2-6-12-17,18-13-7-3-8-14-18)19-15-9-4-10-16-19;/h2-16H,26H2,1H3,(H,29,30);1H. The number of aromatic nitrogens is 1. The monoisotopic (exact) mass is 479 g/mol. The van der Waals surface area contributed by atoms with Gasteiger partial charge in [-0.3, -0.25) is 0 Å². The average Bonchev–Trinajstić information content (AvgIpc) is 3.21. The van der Waals surface area contributed by atoms with E-state index in [9.17, 15) is 9.90 Å². The summed E-state index contributed by atoms with van der Waals surface area (Å²) in [6.45, 7) is 0. The van der Waals surface area contributed by atoms with Crippen LogP contribution in [-0.4, -0.2) is 28.9 Å². The van der Waals surface area contributed by atoms with E-state index >= 15 is 0 Å². The molecular weight excluding hydrogens is 458 g/mol. The Morgan fingerprint density at radius 2 is 1.33 bits per heavy atom. The van der Waals surface area contributed by atoms with Gasteiger partial charge in [-0.05, 0) is 16.7 Å². The van der Waals surface area contributed by atoms with Gasteiger partial charge in [-0.2, -0.15) is 0 Å². The summed E-state index contributed by atoms with van der Waals surface area (Å²) in [5.41, 5.74) is 8.19. The number of oxime groups is 1. The van der Waals surface area contributed by atoms with Gasteiger partial charge in [-0.15, -0.1) is 12.4 Å². The summed E-state index contributed by atoms with van der Waals surface area (Å²) < 4.78 is 0. The molecule has 3 aromatic carbocycles. The Morgan fingerprint density at radius 3 is 1.70 bits per heavy atom. The molecule has 3 N–H and O–H groups in total. The van der Waals surface area contributed by atoms with Crippen LogP contribution in [0.15, 0.2) is 96.2 Å². The van der Waals surface area contributed by atoms with Crippen LogP contribution in [0.3, 0.4) is 0 Å². The van der Waals surface area contributed by atoms with Crippen molar-refractivity contribution in [3.8, 4) is 0 Å². The van der Waals surface area contributed by atoms with Crippen LogP contribution in [0.5, 0.6) is 0 Å². The van der Waals surface area contributed by atoms with Crippen molar-refractivity contribution < 1.29 is 14.7 Å². The van der Waals surface area contributed by atoms with Gasteiger partial charge in [0.05, 0.1) is 5.41 Å². The summed E-state index contributed by atoms with van der Waals surface area (Å²) in [6, 6.07) is 30.0. The fraction of sp³-hybridized carbons (Fsp3) is 0.0800. The third-order valence-electron chi connectivity index (χ3n) is 5.20. The number of carboxylic acid groups (broad SMARTS) is 1. The fourth-order valence-corrected chi connectivity index (χ4v) is 4.96. The first-order chi connectivity index (χ1) is 15.6. The second kappa shape index (κ2) is 10.3. The lowest BCUT2D eigenvalue weighted by atomic mass is 9.70. The zero-order valence-corrected chi connectivity index (χ0v) is 19.3. The van der Waals surface area contributed by atoms with Gasteiger partial charge in [0.1, 0.15) is 22.8 Å². The number of benzene rings is 3. The van der Waals surface area contributed by atoms with E-state index in [0.29, 0.717) is 5.01 Å². The first-order valence-electron chi connectivity index (χ1n) is 9.87. The summed E-state index contributed by atoms with van der Waals surface area (Å²) in [4.78, 5) is 21.3. The third kappa shape index (κ3) is 4.33. The molecule has 0 saturated heterocycles. The summed E-state index contributed by atoms with van der Waals surface area (Å²) in [6.07, 6.45) is 0. The Labute approximate surface area is 201 Å². The van der Waals surface area contributed by atoms with Crippen LogP contribution in [0, 0.1) is 0 Å². The average molecular weight is 480 g/mol. The highest BCUT2D eigenvalue weighted by molar-refractivity contribution is 7.16. The van der Waals surface area contributed by atoms with Gasteiger partial charge in [-0.1, -0.05) is 107 Å². The molecule has 0 aliphatic rings. The largest absolute Gasteiger partial charge is 0.476 e. The number of nitrogens with zero attached hydrogens (tertiary/aromatic N) is 2. The maximum Gasteiger partial charge on any atom is 0.360 e. The van der Waals surface area contributed by atoms with E-state index in [-0.39, 0.29) is 28.8 Å². The number of nitrogen functional groups attached to an aromatic ring is 1. The van der Waals surface area contributed by atoms with Crippen molar-refractivity contribution in [1.82, 2.24) is 4.98 Å². The molecule has 4 rings (SSSR count). The zero-order valence-electron chi connectivity index (χ0n) is 17.7. The number of hydrogen-bond acceptors (Lipinski definition) is 6. The number of carbonyl (C=O) groups is 1. The molecule has 0 saturated carbocycles. The normalized spacial score (nSPS) is 11.5. The van der Waals surface area contributed by atoms with Crippen molar-refractivity contribution in [2.75, 3.05) is 12.8 Å². The highest BCUT2D eigenvalue weighted by Crippen LogP contribution is 2.47. The Hall–Kier alpha value is -3.68. The molecule has 8 heteroatoms. The number of aliphatic carboxylic acids is 1. The van der Waals surface area contributed by atoms with Crippen LogP contribution in [-0.2, 0) is 15.0 Å². The van der Waals surface area contributed by atoms with Crippen molar-refractivity contribution in [2.45, 2.75) is 5.41 Å². The van der Waals surface area contributed by atoms with Gasteiger partial charge in [0, 0.05) is 0 Å². The Kier molecular flexibility index (Phi) is 7.48. The molecule has 0 aliphatic heterocycles. The second-order valence-corrected chi connectivity index (χ2v) is 8.04. The predicted molar refractivity (Wildman–Crippen MR) is 133 cm³/mol. The van der Waals surface area contributed by atoms with Gasteiger partial charge < -0.3 is 15.7 Å². The van der Waals surface area contributed by atoms with Crippen molar-refractivity contribution in [2.24, 2.45) is 5.16 Å². The Balaban J connectivity index is 0.00000306. The molecule has 0 bridgehead atoms.